The van der Waals surface area contributed by atoms with Gasteiger partial charge in [-0.25, -0.2) is 4.98 Å². The highest BCUT2D eigenvalue weighted by molar-refractivity contribution is 7.87. The van der Waals surface area contributed by atoms with Gasteiger partial charge in [0.2, 0.25) is 5.91 Å². The second-order valence-electron chi connectivity index (χ2n) is 7.89. The van der Waals surface area contributed by atoms with E-state index in [1.54, 1.807) is 17.0 Å². The van der Waals surface area contributed by atoms with Gasteiger partial charge >= 0.3 is 10.3 Å². The van der Waals surface area contributed by atoms with Gasteiger partial charge in [-0.3, -0.25) is 23.8 Å². The number of anilines is 1. The third kappa shape index (κ3) is 6.96. The molecule has 1 fully saturated rings. The minimum atomic E-state index is -4.37. The molecule has 1 aromatic heterocycles. The van der Waals surface area contributed by atoms with Crippen LogP contribution in [0.4, 0.5) is 5.69 Å². The van der Waals surface area contributed by atoms with Crippen LogP contribution in [0.5, 0.6) is 0 Å². The van der Waals surface area contributed by atoms with Crippen molar-refractivity contribution in [1.82, 2.24) is 20.1 Å². The third-order valence-electron chi connectivity index (χ3n) is 5.47. The summed E-state index contributed by atoms with van der Waals surface area (Å²) in [7, 11) is -4.37. The summed E-state index contributed by atoms with van der Waals surface area (Å²) in [5.74, 6) is -0.760. The quantitative estimate of drug-likeness (QED) is 0.342. The molecule has 186 valence electrons. The summed E-state index contributed by atoms with van der Waals surface area (Å²) in [6, 6.07) is 5.94. The lowest BCUT2D eigenvalue weighted by molar-refractivity contribution is -0.159. The van der Waals surface area contributed by atoms with Gasteiger partial charge in [0.25, 0.3) is 5.91 Å². The molecule has 0 radical (unpaired) electrons. The van der Waals surface area contributed by atoms with Gasteiger partial charge in [-0.2, -0.15) is 8.42 Å². The predicted molar refractivity (Wildman–Crippen MR) is 128 cm³/mol. The zero-order valence-corrected chi connectivity index (χ0v) is 20.6. The van der Waals surface area contributed by atoms with E-state index in [1.165, 1.54) is 28.4 Å². The normalized spacial score (nSPS) is 18.1. The number of carbonyl (C=O) groups is 2. The fraction of sp³-hybridized carbons (Fsp3) is 0.476. The number of hydrogen-bond donors (Lipinski definition) is 4. The number of rotatable bonds is 10. The molecule has 0 bridgehead atoms. The molecule has 34 heavy (non-hydrogen) atoms. The number of likely N-dealkylation sites (N-methyl/N-ethyl adjacent to an activating group) is 1. The SMILES string of the molecule is CCc1csc([C@H](Cc2ccc(NS(=O)(=O)O)cc2)NC(=O)CN2CCN(CC)C(=O)C2O)n1. The smallest absolute Gasteiger partial charge is 0.357 e. The Hall–Kier alpha value is -2.58. The lowest BCUT2D eigenvalue weighted by Gasteiger charge is -2.37. The van der Waals surface area contributed by atoms with Crippen molar-refractivity contribution in [2.45, 2.75) is 39.0 Å². The highest BCUT2D eigenvalue weighted by Crippen LogP contribution is 2.24. The number of aliphatic hydroxyl groups is 1. The zero-order chi connectivity index (χ0) is 24.9. The summed E-state index contributed by atoms with van der Waals surface area (Å²) < 4.78 is 32.9. The van der Waals surface area contributed by atoms with Crippen LogP contribution in [0.3, 0.4) is 0 Å². The van der Waals surface area contributed by atoms with Crippen LogP contribution in [0, 0.1) is 0 Å². The summed E-state index contributed by atoms with van der Waals surface area (Å²) in [4.78, 5) is 32.7. The third-order valence-corrected chi connectivity index (χ3v) is 6.97. The highest BCUT2D eigenvalue weighted by Gasteiger charge is 2.33. The predicted octanol–water partition coefficient (Wildman–Crippen LogP) is 0.803. The Kier molecular flexibility index (Phi) is 8.60. The minimum absolute atomic E-state index is 0.135. The number of piperazine rings is 1. The van der Waals surface area contributed by atoms with Crippen LogP contribution in [-0.4, -0.2) is 77.1 Å². The Bertz CT molecular complexity index is 1110. The number of nitrogens with zero attached hydrogens (tertiary/aromatic N) is 3. The monoisotopic (exact) mass is 511 g/mol. The lowest BCUT2D eigenvalue weighted by Crippen LogP contribution is -2.58. The minimum Gasteiger partial charge on any atom is -0.370 e. The molecule has 0 aliphatic carbocycles. The van der Waals surface area contributed by atoms with Crippen LogP contribution >= 0.6 is 11.3 Å². The largest absolute Gasteiger partial charge is 0.370 e. The van der Waals surface area contributed by atoms with Gasteiger partial charge in [0.05, 0.1) is 24.0 Å². The van der Waals surface area contributed by atoms with Crippen molar-refractivity contribution in [3.05, 3.63) is 45.9 Å². The maximum absolute atomic E-state index is 12.9. The molecule has 0 spiro atoms. The molecule has 1 unspecified atom stereocenters. The number of amides is 2. The van der Waals surface area contributed by atoms with E-state index in [9.17, 15) is 23.1 Å². The average Bonchev–Trinajstić information content (AvgIpc) is 3.26. The molecule has 3 rings (SSSR count). The van der Waals surface area contributed by atoms with Crippen molar-refractivity contribution >= 4 is 39.1 Å². The molecule has 2 amide bonds. The molecular weight excluding hydrogens is 482 g/mol. The van der Waals surface area contributed by atoms with E-state index < -0.39 is 28.5 Å². The number of hydrogen-bond acceptors (Lipinski definition) is 8. The standard InChI is InChI=1S/C21H29N5O6S2/c1-3-15-13-33-19(22-15)17(11-14-5-7-16(8-6-14)24-34(30,31)32)23-18(27)12-26-10-9-25(4-2)20(28)21(26)29/h5-8,13,17,21,24,29H,3-4,9-12H2,1-2H3,(H,23,27)(H,30,31,32)/t17-,21?/m0/s1. The Morgan fingerprint density at radius 3 is 2.56 bits per heavy atom. The van der Waals surface area contributed by atoms with Gasteiger partial charge in [0, 0.05) is 25.0 Å². The van der Waals surface area contributed by atoms with E-state index in [0.29, 0.717) is 26.1 Å². The van der Waals surface area contributed by atoms with Crippen molar-refractivity contribution < 1.29 is 27.7 Å². The molecule has 1 aliphatic heterocycles. The maximum Gasteiger partial charge on any atom is 0.357 e. The molecule has 1 aromatic carbocycles. The van der Waals surface area contributed by atoms with Gasteiger partial charge in [-0.1, -0.05) is 19.1 Å². The molecule has 1 aliphatic rings. The molecule has 2 aromatic rings. The summed E-state index contributed by atoms with van der Waals surface area (Å²) in [5.41, 5.74) is 1.93. The molecular formula is C21H29N5O6S2. The van der Waals surface area contributed by atoms with Crippen LogP contribution in [0.15, 0.2) is 29.6 Å². The Morgan fingerprint density at radius 2 is 1.97 bits per heavy atom. The molecule has 2 heterocycles. The molecule has 0 saturated carbocycles. The van der Waals surface area contributed by atoms with Gasteiger partial charge in [0.15, 0.2) is 6.23 Å². The number of aromatic nitrogens is 1. The van der Waals surface area contributed by atoms with E-state index >= 15 is 0 Å². The number of benzene rings is 1. The van der Waals surface area contributed by atoms with Gasteiger partial charge in [-0.15, -0.1) is 11.3 Å². The Balaban J connectivity index is 1.71. The first-order valence-corrected chi connectivity index (χ1v) is 13.2. The number of nitrogens with one attached hydrogen (secondary N) is 2. The van der Waals surface area contributed by atoms with E-state index in [2.05, 4.69) is 10.3 Å². The summed E-state index contributed by atoms with van der Waals surface area (Å²) in [5, 5.41) is 15.9. The maximum atomic E-state index is 12.9. The van der Waals surface area contributed by atoms with Crippen LogP contribution in [-0.2, 0) is 32.7 Å². The lowest BCUT2D eigenvalue weighted by atomic mass is 10.1. The van der Waals surface area contributed by atoms with Crippen molar-refractivity contribution in [3.8, 4) is 0 Å². The number of aliphatic hydroxyl groups excluding tert-OH is 1. The molecule has 13 heteroatoms. The van der Waals surface area contributed by atoms with Crippen molar-refractivity contribution in [2.24, 2.45) is 0 Å². The second-order valence-corrected chi connectivity index (χ2v) is 9.93. The highest BCUT2D eigenvalue weighted by atomic mass is 32.2. The van der Waals surface area contributed by atoms with Gasteiger partial charge in [0.1, 0.15) is 5.01 Å². The first-order chi connectivity index (χ1) is 16.1. The zero-order valence-electron chi connectivity index (χ0n) is 19.0. The van der Waals surface area contributed by atoms with Crippen molar-refractivity contribution in [1.29, 1.82) is 0 Å². The fourth-order valence-electron chi connectivity index (χ4n) is 3.64. The first-order valence-electron chi connectivity index (χ1n) is 10.9. The van der Waals surface area contributed by atoms with Crippen molar-refractivity contribution in [2.75, 3.05) is 30.9 Å². The van der Waals surface area contributed by atoms with Crippen LogP contribution in [0.1, 0.15) is 36.2 Å². The molecule has 2 atom stereocenters. The van der Waals surface area contributed by atoms with Crippen LogP contribution < -0.4 is 10.0 Å². The average molecular weight is 512 g/mol. The van der Waals surface area contributed by atoms with E-state index in [1.807, 2.05) is 23.9 Å². The van der Waals surface area contributed by atoms with E-state index in [-0.39, 0.29) is 18.1 Å². The number of aryl methyl sites for hydroxylation is 1. The van der Waals surface area contributed by atoms with Crippen molar-refractivity contribution in [3.63, 3.8) is 0 Å². The second kappa shape index (κ2) is 11.2. The molecule has 1 saturated heterocycles. The molecule has 11 nitrogen and oxygen atoms in total. The number of thiazole rings is 1. The summed E-state index contributed by atoms with van der Waals surface area (Å²) in [6.07, 6.45) is -0.213. The van der Waals surface area contributed by atoms with Crippen LogP contribution in [0.2, 0.25) is 0 Å². The van der Waals surface area contributed by atoms with Gasteiger partial charge < -0.3 is 15.3 Å². The first kappa shape index (κ1) is 26.0. The van der Waals surface area contributed by atoms with Gasteiger partial charge in [-0.05, 0) is 37.5 Å². The Labute approximate surface area is 202 Å². The number of carbonyl (C=O) groups excluding carboxylic acids is 2. The Morgan fingerprint density at radius 1 is 1.26 bits per heavy atom. The topological polar surface area (TPSA) is 152 Å². The summed E-state index contributed by atoms with van der Waals surface area (Å²) >= 11 is 1.43. The van der Waals surface area contributed by atoms with E-state index in [0.717, 1.165) is 22.7 Å². The fourth-order valence-corrected chi connectivity index (χ4v) is 5.03. The summed E-state index contributed by atoms with van der Waals surface area (Å²) in [6.45, 7) is 5.02. The molecule has 4 N–H and O–H groups in total. The van der Waals surface area contributed by atoms with E-state index in [4.69, 9.17) is 4.55 Å². The van der Waals surface area contributed by atoms with Crippen LogP contribution in [0.25, 0.3) is 0 Å².